The molecule has 0 saturated carbocycles. The van der Waals surface area contributed by atoms with Crippen LogP contribution < -0.4 is 0 Å². The van der Waals surface area contributed by atoms with E-state index in [0.717, 1.165) is 5.56 Å². The van der Waals surface area contributed by atoms with Crippen LogP contribution >= 0.6 is 11.3 Å². The lowest BCUT2D eigenvalue weighted by atomic mass is 10.1. The summed E-state index contributed by atoms with van der Waals surface area (Å²) >= 11 is 1.64. The first-order valence-electron chi connectivity index (χ1n) is 5.33. The third kappa shape index (κ3) is 4.14. The highest BCUT2D eigenvalue weighted by atomic mass is 32.1. The van der Waals surface area contributed by atoms with E-state index in [1.54, 1.807) is 18.3 Å². The van der Waals surface area contributed by atoms with Crippen LogP contribution in [0.25, 0.3) is 0 Å². The van der Waals surface area contributed by atoms with Gasteiger partial charge in [-0.05, 0) is 30.9 Å². The van der Waals surface area contributed by atoms with Gasteiger partial charge in [0.2, 0.25) is 0 Å². The Bertz CT molecular complexity index is 368. The van der Waals surface area contributed by atoms with E-state index in [1.165, 1.54) is 4.88 Å². The highest BCUT2D eigenvalue weighted by Crippen LogP contribution is 2.16. The van der Waals surface area contributed by atoms with Gasteiger partial charge in [-0.3, -0.25) is 9.59 Å². The zero-order valence-electron chi connectivity index (χ0n) is 9.62. The fraction of sp³-hybridized carbons (Fsp3) is 0.500. The van der Waals surface area contributed by atoms with Crippen LogP contribution in [0.1, 0.15) is 30.2 Å². The first-order chi connectivity index (χ1) is 7.63. The summed E-state index contributed by atoms with van der Waals surface area (Å²) in [6.45, 7) is 4.13. The van der Waals surface area contributed by atoms with Gasteiger partial charge in [-0.2, -0.15) is 0 Å². The number of hydrogen-bond donors (Lipinski definition) is 0. The number of aryl methyl sites for hydroxylation is 1. The Hall–Kier alpha value is -1.16. The van der Waals surface area contributed by atoms with Gasteiger partial charge in [-0.15, -0.1) is 11.3 Å². The third-order valence-corrected chi connectivity index (χ3v) is 3.16. The molecular weight excluding hydrogens is 224 g/mol. The van der Waals surface area contributed by atoms with E-state index in [0.29, 0.717) is 13.0 Å². The summed E-state index contributed by atoms with van der Waals surface area (Å²) in [6.07, 6.45) is 0.888. The molecule has 0 aromatic carbocycles. The molecule has 0 spiro atoms. The molecule has 1 rings (SSSR count). The summed E-state index contributed by atoms with van der Waals surface area (Å²) < 4.78 is 4.76. The van der Waals surface area contributed by atoms with Gasteiger partial charge >= 0.3 is 5.97 Å². The fourth-order valence-electron chi connectivity index (χ4n) is 1.37. The van der Waals surface area contributed by atoms with Crippen molar-refractivity contribution < 1.29 is 14.3 Å². The SMILES string of the molecule is CCOC(=O)CCC(=O)Cc1ccsc1C. The van der Waals surface area contributed by atoms with Crippen LogP contribution in [0.3, 0.4) is 0 Å². The number of ketones is 1. The molecule has 0 saturated heterocycles. The summed E-state index contributed by atoms with van der Waals surface area (Å²) in [7, 11) is 0. The minimum absolute atomic E-state index is 0.0922. The van der Waals surface area contributed by atoms with Crippen molar-refractivity contribution in [1.29, 1.82) is 0 Å². The molecule has 0 N–H and O–H groups in total. The smallest absolute Gasteiger partial charge is 0.306 e. The van der Waals surface area contributed by atoms with Crippen molar-refractivity contribution in [3.63, 3.8) is 0 Å². The third-order valence-electron chi connectivity index (χ3n) is 2.27. The van der Waals surface area contributed by atoms with Crippen molar-refractivity contribution in [2.45, 2.75) is 33.1 Å². The van der Waals surface area contributed by atoms with Gasteiger partial charge in [0.25, 0.3) is 0 Å². The summed E-state index contributed by atoms with van der Waals surface area (Å²) in [6, 6.07) is 1.96. The summed E-state index contributed by atoms with van der Waals surface area (Å²) in [5.74, 6) is -0.201. The predicted molar refractivity (Wildman–Crippen MR) is 63.6 cm³/mol. The number of Topliss-reactive ketones (excluding diaryl/α,β-unsaturated/α-hetero) is 1. The second kappa shape index (κ2) is 6.43. The molecule has 0 unspecified atom stereocenters. The monoisotopic (exact) mass is 240 g/mol. The minimum atomic E-state index is -0.294. The van der Waals surface area contributed by atoms with E-state index >= 15 is 0 Å². The van der Waals surface area contributed by atoms with E-state index in [2.05, 4.69) is 0 Å². The quantitative estimate of drug-likeness (QED) is 0.718. The Labute approximate surface area is 99.4 Å². The number of hydrogen-bond acceptors (Lipinski definition) is 4. The van der Waals surface area contributed by atoms with Crippen LogP contribution in [0.2, 0.25) is 0 Å². The number of carbonyl (C=O) groups is 2. The van der Waals surface area contributed by atoms with Gasteiger partial charge < -0.3 is 4.74 Å². The molecular formula is C12H16O3S. The number of rotatable bonds is 6. The second-order valence-corrected chi connectivity index (χ2v) is 4.64. The van der Waals surface area contributed by atoms with E-state index < -0.39 is 0 Å². The van der Waals surface area contributed by atoms with E-state index in [-0.39, 0.29) is 24.6 Å². The van der Waals surface area contributed by atoms with E-state index in [9.17, 15) is 9.59 Å². The normalized spacial score (nSPS) is 10.1. The molecule has 0 fully saturated rings. The first-order valence-corrected chi connectivity index (χ1v) is 6.21. The molecule has 0 bridgehead atoms. The Morgan fingerprint density at radius 1 is 1.38 bits per heavy atom. The van der Waals surface area contributed by atoms with E-state index in [1.807, 2.05) is 18.4 Å². The van der Waals surface area contributed by atoms with Gasteiger partial charge in [-0.1, -0.05) is 0 Å². The standard InChI is InChI=1S/C12H16O3S/c1-3-15-12(14)5-4-11(13)8-10-6-7-16-9(10)2/h6-7H,3-5,8H2,1-2H3. The van der Waals surface area contributed by atoms with Crippen LogP contribution in [-0.4, -0.2) is 18.4 Å². The maximum Gasteiger partial charge on any atom is 0.306 e. The molecule has 16 heavy (non-hydrogen) atoms. The van der Waals surface area contributed by atoms with Gasteiger partial charge in [0.05, 0.1) is 13.0 Å². The average Bonchev–Trinajstić information content (AvgIpc) is 2.62. The lowest BCUT2D eigenvalue weighted by molar-refractivity contribution is -0.144. The molecule has 0 amide bonds. The van der Waals surface area contributed by atoms with Crippen LogP contribution in [-0.2, 0) is 20.7 Å². The lowest BCUT2D eigenvalue weighted by Gasteiger charge is -2.01. The summed E-state index contributed by atoms with van der Waals surface area (Å²) in [4.78, 5) is 23.8. The van der Waals surface area contributed by atoms with Crippen LogP contribution in [0, 0.1) is 6.92 Å². The number of esters is 1. The Morgan fingerprint density at radius 2 is 2.12 bits per heavy atom. The summed E-state index contributed by atoms with van der Waals surface area (Å²) in [5, 5.41) is 1.98. The highest BCUT2D eigenvalue weighted by Gasteiger charge is 2.10. The molecule has 0 atom stereocenters. The highest BCUT2D eigenvalue weighted by molar-refractivity contribution is 7.10. The molecule has 3 nitrogen and oxygen atoms in total. The first kappa shape index (κ1) is 12.9. The predicted octanol–water partition coefficient (Wildman–Crippen LogP) is 2.51. The van der Waals surface area contributed by atoms with Gasteiger partial charge in [0.1, 0.15) is 5.78 Å². The van der Waals surface area contributed by atoms with Crippen molar-refractivity contribution in [2.75, 3.05) is 6.61 Å². The number of thiophene rings is 1. The second-order valence-electron chi connectivity index (χ2n) is 3.52. The molecule has 0 aliphatic rings. The summed E-state index contributed by atoms with van der Waals surface area (Å²) in [5.41, 5.74) is 1.07. The molecule has 1 heterocycles. The fourth-order valence-corrected chi connectivity index (χ4v) is 2.10. The molecule has 0 radical (unpaired) electrons. The molecule has 0 aliphatic heterocycles. The maximum absolute atomic E-state index is 11.6. The van der Waals surface area contributed by atoms with Crippen molar-refractivity contribution in [3.8, 4) is 0 Å². The molecule has 0 aliphatic carbocycles. The number of ether oxygens (including phenoxy) is 1. The maximum atomic E-state index is 11.6. The topological polar surface area (TPSA) is 43.4 Å². The molecule has 88 valence electrons. The van der Waals surface area contributed by atoms with Crippen LogP contribution in [0.15, 0.2) is 11.4 Å². The van der Waals surface area contributed by atoms with Crippen LogP contribution in [0.5, 0.6) is 0 Å². The van der Waals surface area contributed by atoms with Gasteiger partial charge in [-0.25, -0.2) is 0 Å². The van der Waals surface area contributed by atoms with Crippen molar-refractivity contribution >= 4 is 23.1 Å². The zero-order chi connectivity index (χ0) is 12.0. The van der Waals surface area contributed by atoms with Crippen LogP contribution in [0.4, 0.5) is 0 Å². The van der Waals surface area contributed by atoms with Crippen molar-refractivity contribution in [2.24, 2.45) is 0 Å². The van der Waals surface area contributed by atoms with Gasteiger partial charge in [0.15, 0.2) is 0 Å². The molecule has 1 aromatic heterocycles. The molecule has 1 aromatic rings. The lowest BCUT2D eigenvalue weighted by Crippen LogP contribution is -2.09. The minimum Gasteiger partial charge on any atom is -0.466 e. The molecule has 4 heteroatoms. The Kier molecular flexibility index (Phi) is 5.19. The van der Waals surface area contributed by atoms with Crippen molar-refractivity contribution in [3.05, 3.63) is 21.9 Å². The van der Waals surface area contributed by atoms with Crippen molar-refractivity contribution in [1.82, 2.24) is 0 Å². The Morgan fingerprint density at radius 3 is 2.69 bits per heavy atom. The Balaban J connectivity index is 2.32. The zero-order valence-corrected chi connectivity index (χ0v) is 10.4. The average molecular weight is 240 g/mol. The van der Waals surface area contributed by atoms with Gasteiger partial charge in [0, 0.05) is 17.7 Å². The largest absolute Gasteiger partial charge is 0.466 e. The number of carbonyl (C=O) groups excluding carboxylic acids is 2. The van der Waals surface area contributed by atoms with E-state index in [4.69, 9.17) is 4.74 Å².